The molecule has 0 bridgehead atoms. The Morgan fingerprint density at radius 1 is 1.47 bits per heavy atom. The molecule has 0 aromatic heterocycles. The summed E-state index contributed by atoms with van der Waals surface area (Å²) in [6.45, 7) is 2.36. The lowest BCUT2D eigenvalue weighted by atomic mass is 10.2. The predicted octanol–water partition coefficient (Wildman–Crippen LogP) is 0.474. The number of hydrazine groups is 1. The second-order valence-corrected chi connectivity index (χ2v) is 4.21. The van der Waals surface area contributed by atoms with Gasteiger partial charge in [0.2, 0.25) is 0 Å². The Morgan fingerprint density at radius 3 is 3.11 bits per heavy atom. The van der Waals surface area contributed by atoms with Crippen molar-refractivity contribution in [3.8, 4) is 5.75 Å². The minimum atomic E-state index is -0.343. The number of nitrogens with two attached hydrogens (primary N) is 1. The fraction of sp³-hybridized carbons (Fsp3) is 0.462. The van der Waals surface area contributed by atoms with Crippen LogP contribution < -0.4 is 16.0 Å². The number of hydrogen-bond donors (Lipinski definition) is 2. The van der Waals surface area contributed by atoms with Gasteiger partial charge in [0, 0.05) is 12.2 Å². The van der Waals surface area contributed by atoms with Gasteiger partial charge in [-0.2, -0.15) is 0 Å². The molecule has 6 nitrogen and oxygen atoms in total. The Labute approximate surface area is 111 Å². The smallest absolute Gasteiger partial charge is 0.265 e. The Hall–Kier alpha value is -1.63. The van der Waals surface area contributed by atoms with E-state index < -0.39 is 0 Å². The first-order valence-corrected chi connectivity index (χ1v) is 6.23. The highest BCUT2D eigenvalue weighted by Gasteiger charge is 2.15. The van der Waals surface area contributed by atoms with E-state index in [9.17, 15) is 4.79 Å². The highest BCUT2D eigenvalue weighted by atomic mass is 16.6. The summed E-state index contributed by atoms with van der Waals surface area (Å²) in [6.07, 6.45) is 1.12. The Kier molecular flexibility index (Phi) is 5.14. The first-order valence-electron chi connectivity index (χ1n) is 6.23. The number of carbonyl (C=O) groups excluding carboxylic acids is 1. The van der Waals surface area contributed by atoms with Crippen LogP contribution in [0.4, 0.5) is 0 Å². The lowest BCUT2D eigenvalue weighted by Gasteiger charge is -2.11. The minimum Gasteiger partial charge on any atom is -0.491 e. The van der Waals surface area contributed by atoms with Crippen LogP contribution in [0.25, 0.3) is 0 Å². The van der Waals surface area contributed by atoms with Crippen LogP contribution in [0.1, 0.15) is 16.8 Å². The van der Waals surface area contributed by atoms with E-state index in [4.69, 9.17) is 20.1 Å². The lowest BCUT2D eigenvalue weighted by molar-refractivity contribution is 0.0265. The normalized spacial score (nSPS) is 18.3. The van der Waals surface area contributed by atoms with Gasteiger partial charge in [-0.1, -0.05) is 6.07 Å². The molecule has 6 heteroatoms. The van der Waals surface area contributed by atoms with Crippen molar-refractivity contribution in [1.29, 1.82) is 0 Å². The molecule has 2 rings (SSSR count). The molecule has 0 spiro atoms. The van der Waals surface area contributed by atoms with Gasteiger partial charge in [-0.25, -0.2) is 5.84 Å². The summed E-state index contributed by atoms with van der Waals surface area (Å²) in [5, 5.41) is 0. The van der Waals surface area contributed by atoms with Crippen molar-refractivity contribution >= 4 is 5.91 Å². The molecule has 1 aliphatic heterocycles. The van der Waals surface area contributed by atoms with Gasteiger partial charge in [-0.15, -0.1) is 0 Å². The largest absolute Gasteiger partial charge is 0.491 e. The molecule has 1 saturated heterocycles. The molecule has 1 aliphatic rings. The van der Waals surface area contributed by atoms with Gasteiger partial charge in [-0.05, 0) is 24.6 Å². The number of carbonyl (C=O) groups is 1. The van der Waals surface area contributed by atoms with Crippen LogP contribution in [-0.4, -0.2) is 38.4 Å². The van der Waals surface area contributed by atoms with Crippen LogP contribution in [0.5, 0.6) is 5.75 Å². The van der Waals surface area contributed by atoms with Gasteiger partial charge < -0.3 is 14.2 Å². The molecule has 3 N–H and O–H groups in total. The average molecular weight is 266 g/mol. The van der Waals surface area contributed by atoms with Gasteiger partial charge in [0.1, 0.15) is 12.4 Å². The molecule has 104 valence electrons. The topological polar surface area (TPSA) is 82.8 Å². The molecule has 0 saturated carbocycles. The maximum atomic E-state index is 11.3. The summed E-state index contributed by atoms with van der Waals surface area (Å²) >= 11 is 0. The molecular formula is C13H18N2O4. The van der Waals surface area contributed by atoms with Crippen molar-refractivity contribution in [2.45, 2.75) is 12.5 Å². The molecular weight excluding hydrogens is 248 g/mol. The predicted molar refractivity (Wildman–Crippen MR) is 68.8 cm³/mol. The highest BCUT2D eigenvalue weighted by molar-refractivity contribution is 5.94. The average Bonchev–Trinajstić information content (AvgIpc) is 2.96. The zero-order valence-electron chi connectivity index (χ0n) is 10.6. The van der Waals surface area contributed by atoms with E-state index in [-0.39, 0.29) is 12.0 Å². The first kappa shape index (κ1) is 13.8. The molecule has 19 heavy (non-hydrogen) atoms. The van der Waals surface area contributed by atoms with Crippen molar-refractivity contribution in [2.24, 2.45) is 5.84 Å². The zero-order valence-corrected chi connectivity index (χ0v) is 10.6. The molecule has 1 amide bonds. The number of rotatable bonds is 6. The Bertz CT molecular complexity index is 419. The van der Waals surface area contributed by atoms with E-state index >= 15 is 0 Å². The van der Waals surface area contributed by atoms with E-state index in [0.29, 0.717) is 31.1 Å². The number of ether oxygens (including phenoxy) is 3. The number of amides is 1. The summed E-state index contributed by atoms with van der Waals surface area (Å²) in [4.78, 5) is 11.3. The third kappa shape index (κ3) is 4.20. The lowest BCUT2D eigenvalue weighted by Crippen LogP contribution is -2.29. The number of nitrogens with one attached hydrogen (secondary N) is 1. The van der Waals surface area contributed by atoms with Gasteiger partial charge >= 0.3 is 0 Å². The SMILES string of the molecule is NNC(=O)c1cccc(OCCOC2CCOC2)c1. The van der Waals surface area contributed by atoms with Crippen LogP contribution in [0.2, 0.25) is 0 Å². The molecule has 0 aliphatic carbocycles. The minimum absolute atomic E-state index is 0.179. The second-order valence-electron chi connectivity index (χ2n) is 4.21. The number of benzene rings is 1. The maximum Gasteiger partial charge on any atom is 0.265 e. The quantitative estimate of drug-likeness (QED) is 0.338. The van der Waals surface area contributed by atoms with E-state index in [1.807, 2.05) is 0 Å². The molecule has 0 radical (unpaired) electrons. The van der Waals surface area contributed by atoms with Crippen molar-refractivity contribution < 1.29 is 19.0 Å². The van der Waals surface area contributed by atoms with Gasteiger partial charge in [0.05, 0.1) is 19.3 Å². The maximum absolute atomic E-state index is 11.3. The third-order valence-corrected chi connectivity index (χ3v) is 2.82. The molecule has 1 unspecified atom stereocenters. The van der Waals surface area contributed by atoms with E-state index in [2.05, 4.69) is 5.43 Å². The van der Waals surface area contributed by atoms with E-state index in [1.165, 1.54) is 0 Å². The molecule has 1 fully saturated rings. The fourth-order valence-corrected chi connectivity index (χ4v) is 1.83. The third-order valence-electron chi connectivity index (χ3n) is 2.82. The Balaban J connectivity index is 1.74. The van der Waals surface area contributed by atoms with E-state index in [1.54, 1.807) is 24.3 Å². The monoisotopic (exact) mass is 266 g/mol. The first-order chi connectivity index (χ1) is 9.29. The molecule has 1 aromatic carbocycles. The molecule has 1 aromatic rings. The summed E-state index contributed by atoms with van der Waals surface area (Å²) in [5.74, 6) is 5.35. The standard InChI is InChI=1S/C13H18N2O4/c14-15-13(16)10-2-1-3-11(8-10)18-6-7-19-12-4-5-17-9-12/h1-3,8,12H,4-7,9,14H2,(H,15,16). The second kappa shape index (κ2) is 7.08. The fourth-order valence-electron chi connectivity index (χ4n) is 1.83. The summed E-state index contributed by atoms with van der Waals surface area (Å²) in [7, 11) is 0. The molecule has 1 heterocycles. The van der Waals surface area contributed by atoms with Crippen molar-refractivity contribution in [1.82, 2.24) is 5.43 Å². The summed E-state index contributed by atoms with van der Waals surface area (Å²) in [6, 6.07) is 6.83. The van der Waals surface area contributed by atoms with Crippen LogP contribution in [0, 0.1) is 0 Å². The highest BCUT2D eigenvalue weighted by Crippen LogP contribution is 2.13. The van der Waals surface area contributed by atoms with Gasteiger partial charge in [-0.3, -0.25) is 10.2 Å². The number of hydrogen-bond acceptors (Lipinski definition) is 5. The van der Waals surface area contributed by atoms with Gasteiger partial charge in [0.15, 0.2) is 0 Å². The van der Waals surface area contributed by atoms with Crippen LogP contribution in [-0.2, 0) is 9.47 Å². The van der Waals surface area contributed by atoms with E-state index in [0.717, 1.165) is 13.0 Å². The van der Waals surface area contributed by atoms with Gasteiger partial charge in [0.25, 0.3) is 5.91 Å². The zero-order chi connectivity index (χ0) is 13.5. The summed E-state index contributed by atoms with van der Waals surface area (Å²) in [5.41, 5.74) is 2.54. The van der Waals surface area contributed by atoms with Crippen molar-refractivity contribution in [3.63, 3.8) is 0 Å². The van der Waals surface area contributed by atoms with Crippen molar-refractivity contribution in [2.75, 3.05) is 26.4 Å². The summed E-state index contributed by atoms with van der Waals surface area (Å²) < 4.78 is 16.3. The molecule has 1 atom stereocenters. The number of nitrogen functional groups attached to an aromatic ring is 1. The van der Waals surface area contributed by atoms with Crippen LogP contribution in [0.3, 0.4) is 0 Å². The van der Waals surface area contributed by atoms with Crippen LogP contribution >= 0.6 is 0 Å². The van der Waals surface area contributed by atoms with Crippen molar-refractivity contribution in [3.05, 3.63) is 29.8 Å². The Morgan fingerprint density at radius 2 is 2.37 bits per heavy atom. The van der Waals surface area contributed by atoms with Crippen LogP contribution in [0.15, 0.2) is 24.3 Å².